The second-order valence-corrected chi connectivity index (χ2v) is 8.34. The third kappa shape index (κ3) is 5.58. The summed E-state index contributed by atoms with van der Waals surface area (Å²) in [4.78, 5) is 22.0. The first-order valence-electron chi connectivity index (χ1n) is 10.9. The minimum absolute atomic E-state index is 0.0925. The Balaban J connectivity index is 1.44. The van der Waals surface area contributed by atoms with Gasteiger partial charge in [-0.15, -0.1) is 0 Å². The van der Waals surface area contributed by atoms with E-state index in [-0.39, 0.29) is 17.9 Å². The fourth-order valence-corrected chi connectivity index (χ4v) is 4.10. The van der Waals surface area contributed by atoms with Gasteiger partial charge in [0.05, 0.1) is 25.5 Å². The number of likely N-dealkylation sites (tertiary alicyclic amines) is 1. The molecule has 6 heteroatoms. The molecule has 0 bridgehead atoms. The van der Waals surface area contributed by atoms with Crippen molar-refractivity contribution in [3.8, 4) is 5.75 Å². The number of amides is 1. The summed E-state index contributed by atoms with van der Waals surface area (Å²) >= 11 is 0. The van der Waals surface area contributed by atoms with Gasteiger partial charge in [0.15, 0.2) is 0 Å². The van der Waals surface area contributed by atoms with E-state index in [2.05, 4.69) is 29.1 Å². The SMILES string of the molecule is CN1CCC(C(=O)N(Cc2ccc(O[C@H]3CCOC3)cc2)Cc2ccccn2)CC1. The highest BCUT2D eigenvalue weighted by Gasteiger charge is 2.28. The van der Waals surface area contributed by atoms with E-state index in [4.69, 9.17) is 9.47 Å². The van der Waals surface area contributed by atoms with Gasteiger partial charge < -0.3 is 19.3 Å². The molecule has 2 aliphatic rings. The standard InChI is InChI=1S/C24H31N3O3/c1-26-13-9-20(10-14-26)24(28)27(17-21-4-2-3-12-25-21)16-19-5-7-22(8-6-19)30-23-11-15-29-18-23/h2-8,12,20,23H,9-11,13-18H2,1H3/t23-/m0/s1. The lowest BCUT2D eigenvalue weighted by Gasteiger charge is -2.32. The summed E-state index contributed by atoms with van der Waals surface area (Å²) in [6.07, 6.45) is 4.70. The number of ether oxygens (including phenoxy) is 2. The molecule has 2 fully saturated rings. The Bertz CT molecular complexity index is 798. The third-order valence-electron chi connectivity index (χ3n) is 5.95. The summed E-state index contributed by atoms with van der Waals surface area (Å²) in [5.41, 5.74) is 2.02. The number of carbonyl (C=O) groups excluding carboxylic acids is 1. The average Bonchev–Trinajstić information content (AvgIpc) is 3.28. The van der Waals surface area contributed by atoms with Crippen LogP contribution < -0.4 is 4.74 Å². The van der Waals surface area contributed by atoms with Gasteiger partial charge in [-0.25, -0.2) is 0 Å². The molecule has 6 nitrogen and oxygen atoms in total. The lowest BCUT2D eigenvalue weighted by molar-refractivity contribution is -0.138. The molecular weight excluding hydrogens is 378 g/mol. The summed E-state index contributed by atoms with van der Waals surface area (Å²) in [6.45, 7) is 4.49. The number of hydrogen-bond acceptors (Lipinski definition) is 5. The van der Waals surface area contributed by atoms with Crippen LogP contribution in [0.3, 0.4) is 0 Å². The number of carbonyl (C=O) groups is 1. The van der Waals surface area contributed by atoms with E-state index in [9.17, 15) is 4.79 Å². The maximum absolute atomic E-state index is 13.4. The Morgan fingerprint density at radius 2 is 1.93 bits per heavy atom. The summed E-state index contributed by atoms with van der Waals surface area (Å²) < 4.78 is 11.3. The Morgan fingerprint density at radius 1 is 1.13 bits per heavy atom. The average molecular weight is 410 g/mol. The second kappa shape index (κ2) is 10.0. The second-order valence-electron chi connectivity index (χ2n) is 8.34. The van der Waals surface area contributed by atoms with Crippen molar-refractivity contribution in [3.63, 3.8) is 0 Å². The molecule has 0 N–H and O–H groups in total. The number of rotatable bonds is 7. The first kappa shape index (κ1) is 20.8. The lowest BCUT2D eigenvalue weighted by Crippen LogP contribution is -2.41. The van der Waals surface area contributed by atoms with Gasteiger partial charge >= 0.3 is 0 Å². The molecule has 2 saturated heterocycles. The molecular formula is C24H31N3O3. The molecule has 4 rings (SSSR count). The van der Waals surface area contributed by atoms with Gasteiger partial charge in [0.25, 0.3) is 0 Å². The van der Waals surface area contributed by atoms with Crippen LogP contribution in [0.5, 0.6) is 5.75 Å². The topological polar surface area (TPSA) is 54.9 Å². The fourth-order valence-electron chi connectivity index (χ4n) is 4.10. The van der Waals surface area contributed by atoms with E-state index < -0.39 is 0 Å². The molecule has 0 saturated carbocycles. The Morgan fingerprint density at radius 3 is 2.60 bits per heavy atom. The van der Waals surface area contributed by atoms with Crippen molar-refractivity contribution >= 4 is 5.91 Å². The summed E-state index contributed by atoms with van der Waals surface area (Å²) in [6, 6.07) is 14.0. The highest BCUT2D eigenvalue weighted by molar-refractivity contribution is 5.79. The predicted molar refractivity (Wildman–Crippen MR) is 115 cm³/mol. The highest BCUT2D eigenvalue weighted by Crippen LogP contribution is 2.23. The van der Waals surface area contributed by atoms with E-state index in [0.717, 1.165) is 56.0 Å². The van der Waals surface area contributed by atoms with Crippen LogP contribution in [0.15, 0.2) is 48.7 Å². The molecule has 0 radical (unpaired) electrons. The monoisotopic (exact) mass is 409 g/mol. The summed E-state index contributed by atoms with van der Waals surface area (Å²) in [7, 11) is 2.12. The van der Waals surface area contributed by atoms with E-state index >= 15 is 0 Å². The molecule has 2 aliphatic heterocycles. The zero-order chi connectivity index (χ0) is 20.8. The first-order valence-corrected chi connectivity index (χ1v) is 10.9. The molecule has 2 aromatic rings. The van der Waals surface area contributed by atoms with Gasteiger partial charge in [-0.1, -0.05) is 18.2 Å². The van der Waals surface area contributed by atoms with Gasteiger partial charge in [0.2, 0.25) is 5.91 Å². The van der Waals surface area contributed by atoms with Crippen molar-refractivity contribution in [2.24, 2.45) is 5.92 Å². The number of benzene rings is 1. The molecule has 1 aromatic carbocycles. The lowest BCUT2D eigenvalue weighted by atomic mass is 9.95. The van der Waals surface area contributed by atoms with Crippen molar-refractivity contribution in [1.82, 2.24) is 14.8 Å². The van der Waals surface area contributed by atoms with Crippen LogP contribution in [0.1, 0.15) is 30.5 Å². The third-order valence-corrected chi connectivity index (χ3v) is 5.95. The van der Waals surface area contributed by atoms with Crippen LogP contribution >= 0.6 is 0 Å². The van der Waals surface area contributed by atoms with E-state index in [1.807, 2.05) is 35.2 Å². The molecule has 0 unspecified atom stereocenters. The minimum Gasteiger partial charge on any atom is -0.488 e. The molecule has 3 heterocycles. The number of aromatic nitrogens is 1. The molecule has 30 heavy (non-hydrogen) atoms. The fraction of sp³-hybridized carbons (Fsp3) is 0.500. The largest absolute Gasteiger partial charge is 0.488 e. The number of piperidine rings is 1. The predicted octanol–water partition coefficient (Wildman–Crippen LogP) is 3.12. The van der Waals surface area contributed by atoms with Gasteiger partial charge in [0.1, 0.15) is 11.9 Å². The zero-order valence-corrected chi connectivity index (χ0v) is 17.7. The normalized spacial score (nSPS) is 20.2. The quantitative estimate of drug-likeness (QED) is 0.703. The highest BCUT2D eigenvalue weighted by atomic mass is 16.5. The molecule has 160 valence electrons. The molecule has 1 atom stereocenters. The maximum atomic E-state index is 13.4. The Labute approximate surface area is 178 Å². The van der Waals surface area contributed by atoms with Crippen molar-refractivity contribution in [1.29, 1.82) is 0 Å². The van der Waals surface area contributed by atoms with Crippen LogP contribution in [0, 0.1) is 5.92 Å². The van der Waals surface area contributed by atoms with Crippen LogP contribution in [0.2, 0.25) is 0 Å². The maximum Gasteiger partial charge on any atom is 0.226 e. The van der Waals surface area contributed by atoms with Crippen LogP contribution in [-0.4, -0.2) is 60.1 Å². The number of nitrogens with zero attached hydrogens (tertiary/aromatic N) is 3. The molecule has 0 spiro atoms. The number of hydrogen-bond donors (Lipinski definition) is 0. The van der Waals surface area contributed by atoms with Crippen LogP contribution in [-0.2, 0) is 22.6 Å². The van der Waals surface area contributed by atoms with E-state index in [1.54, 1.807) is 6.20 Å². The summed E-state index contributed by atoms with van der Waals surface area (Å²) in [5.74, 6) is 1.18. The van der Waals surface area contributed by atoms with Crippen LogP contribution in [0.25, 0.3) is 0 Å². The first-order chi connectivity index (χ1) is 14.7. The summed E-state index contributed by atoms with van der Waals surface area (Å²) in [5, 5.41) is 0. The van der Waals surface area contributed by atoms with Gasteiger partial charge in [0, 0.05) is 25.1 Å². The molecule has 0 aliphatic carbocycles. The van der Waals surface area contributed by atoms with Gasteiger partial charge in [-0.05, 0) is 62.8 Å². The van der Waals surface area contributed by atoms with Crippen molar-refractivity contribution < 1.29 is 14.3 Å². The van der Waals surface area contributed by atoms with Crippen LogP contribution in [0.4, 0.5) is 0 Å². The van der Waals surface area contributed by atoms with Crippen molar-refractivity contribution in [2.75, 3.05) is 33.4 Å². The smallest absolute Gasteiger partial charge is 0.226 e. The Kier molecular flexibility index (Phi) is 6.97. The van der Waals surface area contributed by atoms with Crippen molar-refractivity contribution in [3.05, 3.63) is 59.9 Å². The van der Waals surface area contributed by atoms with Gasteiger partial charge in [-0.2, -0.15) is 0 Å². The molecule has 1 amide bonds. The van der Waals surface area contributed by atoms with Crippen molar-refractivity contribution in [2.45, 2.75) is 38.5 Å². The minimum atomic E-state index is 0.0925. The van der Waals surface area contributed by atoms with E-state index in [0.29, 0.717) is 19.7 Å². The van der Waals surface area contributed by atoms with Gasteiger partial charge in [-0.3, -0.25) is 9.78 Å². The zero-order valence-electron chi connectivity index (χ0n) is 17.7. The number of pyridine rings is 1. The van der Waals surface area contributed by atoms with E-state index in [1.165, 1.54) is 0 Å². The Hall–Kier alpha value is -2.44. The molecule has 1 aromatic heterocycles.